The lowest BCUT2D eigenvalue weighted by Gasteiger charge is -2.09. The van der Waals surface area contributed by atoms with E-state index in [4.69, 9.17) is 0 Å². The van der Waals surface area contributed by atoms with Crippen LogP contribution in [0.3, 0.4) is 0 Å². The predicted octanol–water partition coefficient (Wildman–Crippen LogP) is 4.67. The van der Waals surface area contributed by atoms with Gasteiger partial charge in [-0.15, -0.1) is 11.3 Å². The molecule has 138 valence electrons. The molecule has 3 N–H and O–H groups in total. The molecular weight excluding hydrogens is 372 g/mol. The molecule has 0 bridgehead atoms. The van der Waals surface area contributed by atoms with E-state index in [9.17, 15) is 4.79 Å². The number of anilines is 5. The number of benzene rings is 1. The first-order chi connectivity index (χ1) is 13.8. The van der Waals surface area contributed by atoms with E-state index >= 15 is 0 Å². The number of hydrogen-bond acceptors (Lipinski definition) is 7. The number of thiophene rings is 1. The van der Waals surface area contributed by atoms with Gasteiger partial charge in [0.2, 0.25) is 0 Å². The molecule has 0 aliphatic carbocycles. The van der Waals surface area contributed by atoms with Crippen LogP contribution in [0.2, 0.25) is 0 Å². The van der Waals surface area contributed by atoms with Gasteiger partial charge in [0.15, 0.2) is 0 Å². The average Bonchev–Trinajstić information content (AvgIpc) is 3.26. The number of hydrogen-bond donors (Lipinski definition) is 3. The molecule has 0 saturated heterocycles. The van der Waals surface area contributed by atoms with E-state index in [1.807, 2.05) is 53.9 Å². The van der Waals surface area contributed by atoms with Gasteiger partial charge in [0.05, 0.1) is 4.88 Å². The average molecular weight is 388 g/mol. The highest BCUT2D eigenvalue weighted by atomic mass is 32.1. The van der Waals surface area contributed by atoms with Gasteiger partial charge in [-0.05, 0) is 47.8 Å². The Morgan fingerprint density at radius 3 is 2.29 bits per heavy atom. The largest absolute Gasteiger partial charge is 0.340 e. The van der Waals surface area contributed by atoms with Crippen LogP contribution in [0.5, 0.6) is 0 Å². The van der Waals surface area contributed by atoms with Crippen molar-refractivity contribution >= 4 is 46.1 Å². The molecule has 8 heteroatoms. The zero-order chi connectivity index (χ0) is 19.2. The summed E-state index contributed by atoms with van der Waals surface area (Å²) in [6.45, 7) is 0. The van der Waals surface area contributed by atoms with Crippen LogP contribution in [-0.2, 0) is 0 Å². The second-order valence-corrected chi connectivity index (χ2v) is 6.71. The van der Waals surface area contributed by atoms with Crippen LogP contribution in [0.4, 0.5) is 28.8 Å². The second kappa shape index (κ2) is 8.28. The Morgan fingerprint density at radius 2 is 1.57 bits per heavy atom. The SMILES string of the molecule is O=C(Nc1ccc(Nc2cc(Nc3ccccn3)ncn2)cc1)c1cccs1. The van der Waals surface area contributed by atoms with Crippen molar-refractivity contribution in [2.75, 3.05) is 16.0 Å². The van der Waals surface area contributed by atoms with E-state index in [2.05, 4.69) is 30.9 Å². The molecule has 1 amide bonds. The number of carbonyl (C=O) groups is 1. The smallest absolute Gasteiger partial charge is 0.265 e. The normalized spacial score (nSPS) is 10.3. The molecule has 1 aromatic carbocycles. The minimum atomic E-state index is -0.114. The van der Waals surface area contributed by atoms with E-state index in [0.717, 1.165) is 11.4 Å². The molecule has 0 radical (unpaired) electrons. The first-order valence-corrected chi connectivity index (χ1v) is 9.36. The van der Waals surface area contributed by atoms with Gasteiger partial charge in [-0.25, -0.2) is 15.0 Å². The fraction of sp³-hybridized carbons (Fsp3) is 0. The number of carbonyl (C=O) groups excluding carboxylic acids is 1. The minimum absolute atomic E-state index is 0.114. The maximum Gasteiger partial charge on any atom is 0.265 e. The van der Waals surface area contributed by atoms with Crippen molar-refractivity contribution in [1.82, 2.24) is 15.0 Å². The summed E-state index contributed by atoms with van der Waals surface area (Å²) in [7, 11) is 0. The van der Waals surface area contributed by atoms with Crippen molar-refractivity contribution in [2.24, 2.45) is 0 Å². The Balaban J connectivity index is 1.40. The van der Waals surface area contributed by atoms with Crippen molar-refractivity contribution < 1.29 is 4.79 Å². The molecule has 28 heavy (non-hydrogen) atoms. The first kappa shape index (κ1) is 17.6. The zero-order valence-corrected chi connectivity index (χ0v) is 15.5. The standard InChI is InChI=1S/C20H16N6OS/c27-20(16-4-3-11-28-16)25-15-8-6-14(7-9-15)24-18-12-19(23-13-22-18)26-17-5-1-2-10-21-17/h1-13H,(H,25,27)(H2,21,22,23,24,26). The van der Waals surface area contributed by atoms with E-state index in [1.54, 1.807) is 18.3 Å². The van der Waals surface area contributed by atoms with Gasteiger partial charge in [0.1, 0.15) is 23.8 Å². The number of nitrogens with zero attached hydrogens (tertiary/aromatic N) is 3. The number of rotatable bonds is 6. The van der Waals surface area contributed by atoms with Gasteiger partial charge >= 0.3 is 0 Å². The number of amides is 1. The maximum atomic E-state index is 12.1. The Labute approximate surface area is 165 Å². The summed E-state index contributed by atoms with van der Waals surface area (Å²) in [4.78, 5) is 25.4. The monoisotopic (exact) mass is 388 g/mol. The molecule has 0 aliphatic rings. The quantitative estimate of drug-likeness (QED) is 0.444. The molecule has 3 aromatic heterocycles. The molecule has 0 spiro atoms. The third-order valence-electron chi connectivity index (χ3n) is 3.75. The minimum Gasteiger partial charge on any atom is -0.340 e. The summed E-state index contributed by atoms with van der Waals surface area (Å²) in [5.41, 5.74) is 1.57. The number of pyridine rings is 1. The summed E-state index contributed by atoms with van der Waals surface area (Å²) in [5, 5.41) is 11.1. The van der Waals surface area contributed by atoms with Crippen molar-refractivity contribution in [2.45, 2.75) is 0 Å². The molecular formula is C20H16N6OS. The predicted molar refractivity (Wildman–Crippen MR) is 112 cm³/mol. The second-order valence-electron chi connectivity index (χ2n) is 5.76. The van der Waals surface area contributed by atoms with E-state index in [0.29, 0.717) is 22.3 Å². The Morgan fingerprint density at radius 1 is 0.786 bits per heavy atom. The fourth-order valence-corrected chi connectivity index (χ4v) is 3.07. The third-order valence-corrected chi connectivity index (χ3v) is 4.62. The van der Waals surface area contributed by atoms with Crippen LogP contribution in [0.1, 0.15) is 9.67 Å². The first-order valence-electron chi connectivity index (χ1n) is 8.48. The highest BCUT2D eigenvalue weighted by Gasteiger charge is 2.07. The molecule has 3 heterocycles. The van der Waals surface area contributed by atoms with Crippen LogP contribution in [-0.4, -0.2) is 20.9 Å². The molecule has 0 atom stereocenters. The van der Waals surface area contributed by atoms with Crippen LogP contribution in [0, 0.1) is 0 Å². The summed E-state index contributed by atoms with van der Waals surface area (Å²) < 4.78 is 0. The summed E-state index contributed by atoms with van der Waals surface area (Å²) in [6.07, 6.45) is 3.19. The van der Waals surface area contributed by atoms with Crippen molar-refractivity contribution in [1.29, 1.82) is 0 Å². The fourth-order valence-electron chi connectivity index (χ4n) is 2.45. The van der Waals surface area contributed by atoms with Crippen molar-refractivity contribution in [3.8, 4) is 0 Å². The van der Waals surface area contributed by atoms with Gasteiger partial charge in [-0.1, -0.05) is 12.1 Å². The Hall–Kier alpha value is -3.78. The lowest BCUT2D eigenvalue weighted by atomic mass is 10.2. The molecule has 0 fully saturated rings. The lowest BCUT2D eigenvalue weighted by Crippen LogP contribution is -2.09. The third kappa shape index (κ3) is 4.49. The highest BCUT2D eigenvalue weighted by Crippen LogP contribution is 2.20. The molecule has 0 aliphatic heterocycles. The van der Waals surface area contributed by atoms with Crippen LogP contribution in [0.25, 0.3) is 0 Å². The summed E-state index contributed by atoms with van der Waals surface area (Å²) in [5.74, 6) is 1.87. The van der Waals surface area contributed by atoms with Crippen LogP contribution >= 0.6 is 11.3 Å². The molecule has 4 aromatic rings. The van der Waals surface area contributed by atoms with E-state index < -0.39 is 0 Å². The number of nitrogens with one attached hydrogen (secondary N) is 3. The molecule has 7 nitrogen and oxygen atoms in total. The van der Waals surface area contributed by atoms with Crippen LogP contribution in [0.15, 0.2) is 78.6 Å². The summed E-state index contributed by atoms with van der Waals surface area (Å²) >= 11 is 1.41. The van der Waals surface area contributed by atoms with Crippen molar-refractivity contribution in [3.05, 3.63) is 83.4 Å². The molecule has 0 unspecified atom stereocenters. The topological polar surface area (TPSA) is 91.8 Å². The zero-order valence-electron chi connectivity index (χ0n) is 14.7. The van der Waals surface area contributed by atoms with Gasteiger partial charge < -0.3 is 16.0 Å². The Kier molecular flexibility index (Phi) is 5.21. The highest BCUT2D eigenvalue weighted by molar-refractivity contribution is 7.12. The van der Waals surface area contributed by atoms with E-state index in [1.165, 1.54) is 17.7 Å². The molecule has 4 rings (SSSR count). The van der Waals surface area contributed by atoms with Gasteiger partial charge in [-0.2, -0.15) is 0 Å². The van der Waals surface area contributed by atoms with Gasteiger partial charge in [0, 0.05) is 23.6 Å². The lowest BCUT2D eigenvalue weighted by molar-refractivity contribution is 0.103. The summed E-state index contributed by atoms with van der Waals surface area (Å²) in [6, 6.07) is 18.5. The van der Waals surface area contributed by atoms with Gasteiger partial charge in [0.25, 0.3) is 5.91 Å². The number of aromatic nitrogens is 3. The van der Waals surface area contributed by atoms with E-state index in [-0.39, 0.29) is 5.91 Å². The van der Waals surface area contributed by atoms with Crippen LogP contribution < -0.4 is 16.0 Å². The molecule has 0 saturated carbocycles. The van der Waals surface area contributed by atoms with Gasteiger partial charge in [-0.3, -0.25) is 4.79 Å². The maximum absolute atomic E-state index is 12.1. The van der Waals surface area contributed by atoms with Crippen molar-refractivity contribution in [3.63, 3.8) is 0 Å². The Bertz CT molecular complexity index is 1050.